The average Bonchev–Trinajstić information content (AvgIpc) is 2.65. The Hall–Kier alpha value is -2.58. The zero-order chi connectivity index (χ0) is 17.5. The van der Waals surface area contributed by atoms with E-state index in [2.05, 4.69) is 90.7 Å². The number of aryl methyl sites for hydroxylation is 1. The van der Waals surface area contributed by atoms with Crippen molar-refractivity contribution >= 4 is 5.69 Å². The van der Waals surface area contributed by atoms with Crippen LogP contribution in [-0.4, -0.2) is 11.7 Å². The maximum absolute atomic E-state index is 9.51. The van der Waals surface area contributed by atoms with Crippen LogP contribution >= 0.6 is 0 Å². The van der Waals surface area contributed by atoms with E-state index in [4.69, 9.17) is 0 Å². The summed E-state index contributed by atoms with van der Waals surface area (Å²) < 4.78 is 0. The van der Waals surface area contributed by atoms with Gasteiger partial charge in [0, 0.05) is 25.4 Å². The zero-order valence-corrected chi connectivity index (χ0v) is 14.7. The Bertz CT molecular complexity index is 742. The van der Waals surface area contributed by atoms with Crippen LogP contribution in [0.1, 0.15) is 22.3 Å². The number of rotatable bonds is 7. The molecule has 0 aliphatic carbocycles. The fourth-order valence-electron chi connectivity index (χ4n) is 3.25. The van der Waals surface area contributed by atoms with E-state index in [1.807, 2.05) is 0 Å². The van der Waals surface area contributed by atoms with E-state index in [0.29, 0.717) is 6.42 Å². The topological polar surface area (TPSA) is 23.5 Å². The van der Waals surface area contributed by atoms with Gasteiger partial charge in [-0.2, -0.15) is 0 Å². The van der Waals surface area contributed by atoms with Gasteiger partial charge in [-0.3, -0.25) is 0 Å². The second kappa shape index (κ2) is 8.50. The van der Waals surface area contributed by atoms with E-state index in [9.17, 15) is 5.11 Å². The normalized spacial score (nSPS) is 10.6. The van der Waals surface area contributed by atoms with Crippen molar-refractivity contribution in [3.05, 3.63) is 101 Å². The fourth-order valence-corrected chi connectivity index (χ4v) is 3.25. The van der Waals surface area contributed by atoms with Crippen molar-refractivity contribution in [1.82, 2.24) is 0 Å². The van der Waals surface area contributed by atoms with E-state index in [0.717, 1.165) is 13.1 Å². The van der Waals surface area contributed by atoms with E-state index >= 15 is 0 Å². The molecule has 0 heterocycles. The van der Waals surface area contributed by atoms with Crippen LogP contribution in [0.3, 0.4) is 0 Å². The average molecular weight is 331 g/mol. The Morgan fingerprint density at radius 2 is 1.28 bits per heavy atom. The van der Waals surface area contributed by atoms with Gasteiger partial charge in [-0.25, -0.2) is 0 Å². The summed E-state index contributed by atoms with van der Waals surface area (Å²) >= 11 is 0. The lowest BCUT2D eigenvalue weighted by atomic mass is 10.0. The van der Waals surface area contributed by atoms with Gasteiger partial charge < -0.3 is 10.0 Å². The van der Waals surface area contributed by atoms with Crippen molar-refractivity contribution in [2.24, 2.45) is 0 Å². The van der Waals surface area contributed by atoms with Gasteiger partial charge in [-0.05, 0) is 41.7 Å². The van der Waals surface area contributed by atoms with Gasteiger partial charge >= 0.3 is 0 Å². The molecule has 0 radical (unpaired) electrons. The largest absolute Gasteiger partial charge is 0.396 e. The molecule has 0 atom stereocenters. The number of aliphatic hydroxyl groups excluding tert-OH is 1. The van der Waals surface area contributed by atoms with E-state index in [1.165, 1.54) is 27.9 Å². The summed E-state index contributed by atoms with van der Waals surface area (Å²) in [5, 5.41) is 9.51. The third-order valence-electron chi connectivity index (χ3n) is 4.52. The molecule has 128 valence electrons. The molecule has 3 aromatic rings. The summed E-state index contributed by atoms with van der Waals surface area (Å²) in [7, 11) is 0. The number of aliphatic hydroxyl groups is 1. The van der Waals surface area contributed by atoms with E-state index in [1.54, 1.807) is 0 Å². The summed E-state index contributed by atoms with van der Waals surface area (Å²) in [6.45, 7) is 3.98. The van der Waals surface area contributed by atoms with Gasteiger partial charge in [0.05, 0.1) is 0 Å². The van der Waals surface area contributed by atoms with Crippen LogP contribution in [0.4, 0.5) is 5.69 Å². The van der Waals surface area contributed by atoms with Crippen molar-refractivity contribution in [2.45, 2.75) is 26.4 Å². The van der Waals surface area contributed by atoms with Crippen molar-refractivity contribution in [2.75, 3.05) is 11.5 Å². The Labute approximate surface area is 150 Å². The molecule has 0 bridgehead atoms. The Balaban J connectivity index is 1.97. The fraction of sp³-hybridized carbons (Fsp3) is 0.217. The van der Waals surface area contributed by atoms with E-state index < -0.39 is 0 Å². The lowest BCUT2D eigenvalue weighted by Gasteiger charge is -2.28. The molecule has 2 heteroatoms. The highest BCUT2D eigenvalue weighted by atomic mass is 16.2. The van der Waals surface area contributed by atoms with Gasteiger partial charge in [-0.1, -0.05) is 72.8 Å². The Morgan fingerprint density at radius 1 is 0.720 bits per heavy atom. The van der Waals surface area contributed by atoms with Crippen LogP contribution in [0, 0.1) is 6.92 Å². The lowest BCUT2D eigenvalue weighted by Crippen LogP contribution is -2.24. The third kappa shape index (κ3) is 4.49. The first kappa shape index (κ1) is 17.2. The second-order valence-electron chi connectivity index (χ2n) is 6.37. The first-order chi connectivity index (χ1) is 12.3. The molecule has 0 saturated carbocycles. The number of hydrogen-bond acceptors (Lipinski definition) is 2. The monoisotopic (exact) mass is 331 g/mol. The van der Waals surface area contributed by atoms with Crippen LogP contribution in [0.5, 0.6) is 0 Å². The van der Waals surface area contributed by atoms with Crippen LogP contribution in [0.25, 0.3) is 0 Å². The van der Waals surface area contributed by atoms with Crippen molar-refractivity contribution in [3.63, 3.8) is 0 Å². The minimum atomic E-state index is 0.169. The van der Waals surface area contributed by atoms with Crippen LogP contribution < -0.4 is 4.90 Å². The number of anilines is 1. The molecular weight excluding hydrogens is 306 g/mol. The molecule has 0 aromatic heterocycles. The SMILES string of the molecule is Cc1cccc(N(Cc2ccccc2)Cc2ccccc2)c1CCO. The molecule has 0 unspecified atom stereocenters. The van der Waals surface area contributed by atoms with Crippen LogP contribution in [0.15, 0.2) is 78.9 Å². The molecule has 1 N–H and O–H groups in total. The standard InChI is InChI=1S/C23H25NO/c1-19-9-8-14-23(22(19)15-16-25)24(17-20-10-4-2-5-11-20)18-21-12-6-3-7-13-21/h2-14,25H,15-18H2,1H3. The number of hydrogen-bond donors (Lipinski definition) is 1. The number of nitrogens with zero attached hydrogens (tertiary/aromatic N) is 1. The Kier molecular flexibility index (Phi) is 5.86. The predicted molar refractivity (Wildman–Crippen MR) is 105 cm³/mol. The highest BCUT2D eigenvalue weighted by Gasteiger charge is 2.14. The molecule has 0 aliphatic rings. The quantitative estimate of drug-likeness (QED) is 0.676. The molecule has 0 amide bonds. The van der Waals surface area contributed by atoms with E-state index in [-0.39, 0.29) is 6.61 Å². The summed E-state index contributed by atoms with van der Waals surface area (Å²) in [4.78, 5) is 2.41. The zero-order valence-electron chi connectivity index (χ0n) is 14.7. The molecule has 0 fully saturated rings. The maximum Gasteiger partial charge on any atom is 0.0472 e. The molecule has 3 aromatic carbocycles. The molecule has 2 nitrogen and oxygen atoms in total. The summed E-state index contributed by atoms with van der Waals surface area (Å²) in [5.74, 6) is 0. The first-order valence-corrected chi connectivity index (χ1v) is 8.80. The van der Waals surface area contributed by atoms with Crippen molar-refractivity contribution < 1.29 is 5.11 Å². The first-order valence-electron chi connectivity index (χ1n) is 8.80. The van der Waals surface area contributed by atoms with Gasteiger partial charge in [0.15, 0.2) is 0 Å². The lowest BCUT2D eigenvalue weighted by molar-refractivity contribution is 0.299. The minimum Gasteiger partial charge on any atom is -0.396 e. The highest BCUT2D eigenvalue weighted by molar-refractivity contribution is 5.57. The van der Waals surface area contributed by atoms with Crippen LogP contribution in [0.2, 0.25) is 0 Å². The van der Waals surface area contributed by atoms with Gasteiger partial charge in [0.25, 0.3) is 0 Å². The van der Waals surface area contributed by atoms with Crippen molar-refractivity contribution in [1.29, 1.82) is 0 Å². The number of benzene rings is 3. The molecular formula is C23H25NO. The summed E-state index contributed by atoms with van der Waals surface area (Å²) in [6.07, 6.45) is 0.683. The predicted octanol–water partition coefficient (Wildman–Crippen LogP) is 4.74. The van der Waals surface area contributed by atoms with Gasteiger partial charge in [0.2, 0.25) is 0 Å². The molecule has 25 heavy (non-hydrogen) atoms. The third-order valence-corrected chi connectivity index (χ3v) is 4.52. The van der Waals surface area contributed by atoms with Crippen LogP contribution in [-0.2, 0) is 19.5 Å². The van der Waals surface area contributed by atoms with Gasteiger partial charge in [-0.15, -0.1) is 0 Å². The maximum atomic E-state index is 9.51. The van der Waals surface area contributed by atoms with Crippen molar-refractivity contribution in [3.8, 4) is 0 Å². The smallest absolute Gasteiger partial charge is 0.0472 e. The highest BCUT2D eigenvalue weighted by Crippen LogP contribution is 2.27. The molecule has 0 saturated heterocycles. The summed E-state index contributed by atoms with van der Waals surface area (Å²) in [6, 6.07) is 27.5. The minimum absolute atomic E-state index is 0.169. The molecule has 0 spiro atoms. The Morgan fingerprint density at radius 3 is 1.80 bits per heavy atom. The molecule has 0 aliphatic heterocycles. The van der Waals surface area contributed by atoms with Gasteiger partial charge in [0.1, 0.15) is 0 Å². The summed E-state index contributed by atoms with van der Waals surface area (Å²) in [5.41, 5.74) is 6.25. The molecule has 3 rings (SSSR count). The second-order valence-corrected chi connectivity index (χ2v) is 6.37.